The van der Waals surface area contributed by atoms with Crippen LogP contribution in [-0.2, 0) is 23.0 Å². The van der Waals surface area contributed by atoms with E-state index in [0.29, 0.717) is 11.1 Å². The predicted octanol–water partition coefficient (Wildman–Crippen LogP) is 1.24. The summed E-state index contributed by atoms with van der Waals surface area (Å²) in [5.41, 5.74) is 6.58. The van der Waals surface area contributed by atoms with Crippen molar-refractivity contribution in [2.75, 3.05) is 19.7 Å². The van der Waals surface area contributed by atoms with Crippen LogP contribution in [0.1, 0.15) is 5.56 Å². The van der Waals surface area contributed by atoms with Crippen molar-refractivity contribution in [3.8, 4) is 17.2 Å². The largest absolute Gasteiger partial charge is 0.419 e. The maximum Gasteiger partial charge on any atom is 0.419 e. The van der Waals surface area contributed by atoms with Crippen molar-refractivity contribution in [1.29, 1.82) is 5.26 Å². The van der Waals surface area contributed by atoms with Gasteiger partial charge in [0.05, 0.1) is 24.1 Å². The van der Waals surface area contributed by atoms with Crippen LogP contribution in [-0.4, -0.2) is 46.5 Å². The normalized spacial score (nSPS) is 23.7. The zero-order chi connectivity index (χ0) is 24.5. The number of hydrogen-bond acceptors (Lipinski definition) is 7. The van der Waals surface area contributed by atoms with Crippen LogP contribution >= 0.6 is 0 Å². The van der Waals surface area contributed by atoms with E-state index in [2.05, 4.69) is 18.0 Å². The Morgan fingerprint density at radius 1 is 1.32 bits per heavy atom. The summed E-state index contributed by atoms with van der Waals surface area (Å²) in [6.07, 6.45) is 1.57. The van der Waals surface area contributed by atoms with Crippen molar-refractivity contribution in [2.24, 2.45) is 18.7 Å². The molecule has 1 aliphatic heterocycles. The first-order valence-corrected chi connectivity index (χ1v) is 10.8. The standard InChI is InChI=1S/C25H26N4O5/c1-3-24(32)13-28-14-25(22(27)30,33-15-24)19(12-26)10-16-4-6-17(7-5-16)18-8-9-21-20(11-18)29(2)23(31)34-21/h3-9,11,19,28,32H,1,10,13-15H2,2H3,(H2,27,30)/t19-,24?,25?/m0/s1. The molecule has 1 fully saturated rings. The first kappa shape index (κ1) is 23.4. The van der Waals surface area contributed by atoms with E-state index in [4.69, 9.17) is 14.9 Å². The summed E-state index contributed by atoms with van der Waals surface area (Å²) in [5.74, 6) is -2.07. The molecule has 0 saturated carbocycles. The van der Waals surface area contributed by atoms with E-state index in [1.54, 1.807) is 13.1 Å². The number of benzene rings is 2. The van der Waals surface area contributed by atoms with E-state index < -0.39 is 28.8 Å². The molecule has 2 aromatic carbocycles. The Hall–Kier alpha value is -3.71. The van der Waals surface area contributed by atoms with E-state index in [9.17, 15) is 20.0 Å². The first-order valence-electron chi connectivity index (χ1n) is 10.8. The highest BCUT2D eigenvalue weighted by molar-refractivity contribution is 5.85. The fourth-order valence-corrected chi connectivity index (χ4v) is 4.20. The molecule has 0 spiro atoms. The van der Waals surface area contributed by atoms with Gasteiger partial charge in [-0.05, 0) is 35.2 Å². The second-order valence-electron chi connectivity index (χ2n) is 8.65. The Labute approximate surface area is 196 Å². The molecular formula is C25H26N4O5. The number of primary amides is 1. The first-order chi connectivity index (χ1) is 16.2. The monoisotopic (exact) mass is 462 g/mol. The summed E-state index contributed by atoms with van der Waals surface area (Å²) in [7, 11) is 1.65. The number of aryl methyl sites for hydroxylation is 1. The third-order valence-corrected chi connectivity index (χ3v) is 6.43. The maximum atomic E-state index is 12.5. The lowest BCUT2D eigenvalue weighted by Gasteiger charge is -2.34. The molecule has 9 heteroatoms. The van der Waals surface area contributed by atoms with E-state index >= 15 is 0 Å². The zero-order valence-corrected chi connectivity index (χ0v) is 18.8. The van der Waals surface area contributed by atoms with Crippen molar-refractivity contribution in [3.05, 3.63) is 71.2 Å². The highest BCUT2D eigenvalue weighted by Crippen LogP contribution is 2.30. The number of nitrogens with two attached hydrogens (primary N) is 1. The fraction of sp³-hybridized carbons (Fsp3) is 0.320. The molecule has 0 aliphatic carbocycles. The van der Waals surface area contributed by atoms with Crippen molar-refractivity contribution in [1.82, 2.24) is 9.88 Å². The number of oxazole rings is 1. The molecule has 3 atom stereocenters. The van der Waals surface area contributed by atoms with Gasteiger partial charge in [-0.15, -0.1) is 6.58 Å². The van der Waals surface area contributed by atoms with E-state index in [-0.39, 0.29) is 26.1 Å². The smallest absolute Gasteiger partial charge is 0.408 e. The second-order valence-corrected chi connectivity index (χ2v) is 8.65. The molecule has 4 rings (SSSR count). The molecule has 1 saturated heterocycles. The topological polar surface area (TPSA) is 144 Å². The van der Waals surface area contributed by atoms with Gasteiger partial charge < -0.3 is 25.3 Å². The summed E-state index contributed by atoms with van der Waals surface area (Å²) < 4.78 is 12.4. The molecular weight excluding hydrogens is 436 g/mol. The number of carbonyl (C=O) groups excluding carboxylic acids is 1. The lowest BCUT2D eigenvalue weighted by atomic mass is 9.82. The highest BCUT2D eigenvalue weighted by Gasteiger charge is 2.49. The summed E-state index contributed by atoms with van der Waals surface area (Å²) in [5, 5.41) is 23.4. The molecule has 9 nitrogen and oxygen atoms in total. The van der Waals surface area contributed by atoms with Crippen LogP contribution in [0.25, 0.3) is 22.2 Å². The number of nitriles is 1. The van der Waals surface area contributed by atoms with Crippen molar-refractivity contribution >= 4 is 17.0 Å². The van der Waals surface area contributed by atoms with Crippen LogP contribution < -0.4 is 16.8 Å². The third kappa shape index (κ3) is 4.15. The Morgan fingerprint density at radius 3 is 2.68 bits per heavy atom. The molecule has 0 bridgehead atoms. The molecule has 34 heavy (non-hydrogen) atoms. The summed E-state index contributed by atoms with van der Waals surface area (Å²) in [4.78, 5) is 24.2. The highest BCUT2D eigenvalue weighted by atomic mass is 16.5. The quantitative estimate of drug-likeness (QED) is 0.468. The van der Waals surface area contributed by atoms with Crippen LogP contribution in [0, 0.1) is 17.2 Å². The Balaban J connectivity index is 1.58. The molecule has 1 amide bonds. The number of aliphatic hydroxyl groups is 1. The predicted molar refractivity (Wildman–Crippen MR) is 126 cm³/mol. The number of fused-ring (bicyclic) bond motifs is 1. The van der Waals surface area contributed by atoms with Crippen LogP contribution in [0.2, 0.25) is 0 Å². The molecule has 4 N–H and O–H groups in total. The molecule has 1 aromatic heterocycles. The molecule has 1 aliphatic rings. The summed E-state index contributed by atoms with van der Waals surface area (Å²) >= 11 is 0. The van der Waals surface area contributed by atoms with Gasteiger partial charge in [0.15, 0.2) is 11.2 Å². The van der Waals surface area contributed by atoms with Crippen molar-refractivity contribution in [2.45, 2.75) is 17.6 Å². The van der Waals surface area contributed by atoms with Gasteiger partial charge in [0.1, 0.15) is 5.60 Å². The third-order valence-electron chi connectivity index (χ3n) is 6.43. The summed E-state index contributed by atoms with van der Waals surface area (Å²) in [6, 6.07) is 15.2. The van der Waals surface area contributed by atoms with Gasteiger partial charge in [0.2, 0.25) is 0 Å². The number of amides is 1. The lowest BCUT2D eigenvalue weighted by molar-refractivity contribution is -0.152. The summed E-state index contributed by atoms with van der Waals surface area (Å²) in [6.45, 7) is 3.53. The molecule has 3 aromatic rings. The van der Waals surface area contributed by atoms with Gasteiger partial charge in [-0.25, -0.2) is 4.79 Å². The van der Waals surface area contributed by atoms with Crippen molar-refractivity contribution in [3.63, 3.8) is 0 Å². The number of ether oxygens (including phenoxy) is 1. The minimum absolute atomic E-state index is 0.00176. The SMILES string of the molecule is C=CC1(O)CNCC(C(N)=O)([C@H](C#N)Cc2ccc(-c3ccc4oc(=O)n(C)c4c3)cc2)OC1. The number of nitrogens with one attached hydrogen (secondary N) is 1. The van der Waals surface area contributed by atoms with Gasteiger partial charge in [0, 0.05) is 20.1 Å². The Kier molecular flexibility index (Phi) is 6.15. The average molecular weight is 463 g/mol. The van der Waals surface area contributed by atoms with E-state index in [1.807, 2.05) is 36.4 Å². The molecule has 2 heterocycles. The van der Waals surface area contributed by atoms with Gasteiger partial charge in [-0.2, -0.15) is 5.26 Å². The molecule has 0 radical (unpaired) electrons. The minimum Gasteiger partial charge on any atom is -0.408 e. The van der Waals surface area contributed by atoms with E-state index in [1.165, 1.54) is 10.6 Å². The zero-order valence-electron chi connectivity index (χ0n) is 18.8. The average Bonchev–Trinajstić information content (AvgIpc) is 3.00. The number of hydrogen-bond donors (Lipinski definition) is 3. The molecule has 176 valence electrons. The number of carbonyl (C=O) groups is 1. The fourth-order valence-electron chi connectivity index (χ4n) is 4.20. The van der Waals surface area contributed by atoms with Gasteiger partial charge in [-0.1, -0.05) is 36.4 Å². The van der Waals surface area contributed by atoms with Gasteiger partial charge in [-0.3, -0.25) is 9.36 Å². The number of nitrogens with zero attached hydrogens (tertiary/aromatic N) is 2. The van der Waals surface area contributed by atoms with Crippen LogP contribution in [0.5, 0.6) is 0 Å². The van der Waals surface area contributed by atoms with Gasteiger partial charge >= 0.3 is 5.76 Å². The van der Waals surface area contributed by atoms with Crippen LogP contribution in [0.3, 0.4) is 0 Å². The van der Waals surface area contributed by atoms with E-state index in [0.717, 1.165) is 16.7 Å². The van der Waals surface area contributed by atoms with Gasteiger partial charge in [0.25, 0.3) is 5.91 Å². The minimum atomic E-state index is -1.60. The molecule has 2 unspecified atom stereocenters. The maximum absolute atomic E-state index is 12.5. The van der Waals surface area contributed by atoms with Crippen LogP contribution in [0.15, 0.2) is 64.3 Å². The number of rotatable bonds is 6. The second kappa shape index (κ2) is 8.91. The Bertz CT molecular complexity index is 1340. The van der Waals surface area contributed by atoms with Crippen LogP contribution in [0.4, 0.5) is 0 Å². The lowest BCUT2D eigenvalue weighted by Crippen LogP contribution is -2.57. The Morgan fingerprint density at radius 2 is 2.03 bits per heavy atom. The number of aromatic nitrogens is 1. The number of β-amino-alcohol motifs (C(OH)–C–C–N with tert-alkyl or cyclic N) is 1. The van der Waals surface area contributed by atoms with Crippen molar-refractivity contribution < 1.29 is 19.1 Å².